The summed E-state index contributed by atoms with van der Waals surface area (Å²) in [5.41, 5.74) is 0.841. The third kappa shape index (κ3) is 9.86. The number of nitrogens with one attached hydrogen (secondary N) is 1. The van der Waals surface area contributed by atoms with Gasteiger partial charge in [-0.2, -0.15) is 0 Å². The molecule has 192 valence electrons. The van der Waals surface area contributed by atoms with E-state index in [0.29, 0.717) is 0 Å². The van der Waals surface area contributed by atoms with Gasteiger partial charge in [-0.05, 0) is 38.4 Å². The number of piperazine rings is 2. The van der Waals surface area contributed by atoms with Crippen LogP contribution in [-0.4, -0.2) is 86.1 Å². The van der Waals surface area contributed by atoms with Crippen LogP contribution in [0.4, 0.5) is 17.1 Å². The number of likely N-dealkylation sites (N-methyl/N-ethyl adjacent to an activating group) is 2. The number of nitro benzene ring substituents is 2. The van der Waals surface area contributed by atoms with Crippen LogP contribution in [0.2, 0.25) is 10.0 Å². The minimum atomic E-state index is -0.519. The zero-order valence-corrected chi connectivity index (χ0v) is 22.7. The van der Waals surface area contributed by atoms with Crippen molar-refractivity contribution in [2.45, 2.75) is 0 Å². The molecule has 35 heavy (non-hydrogen) atoms. The summed E-state index contributed by atoms with van der Waals surface area (Å²) in [7, 11) is 4.24. The summed E-state index contributed by atoms with van der Waals surface area (Å²) in [5.74, 6) is 0. The summed E-state index contributed by atoms with van der Waals surface area (Å²) in [5, 5.41) is 24.5. The smallest absolute Gasteiger partial charge is 0.288 e. The number of benzene rings is 2. The van der Waals surface area contributed by atoms with E-state index in [9.17, 15) is 20.2 Å². The fourth-order valence-electron chi connectivity index (χ4n) is 3.31. The van der Waals surface area contributed by atoms with E-state index in [1.54, 1.807) is 18.2 Å². The highest BCUT2D eigenvalue weighted by Gasteiger charge is 2.18. The Morgan fingerprint density at radius 2 is 1.29 bits per heavy atom. The third-order valence-electron chi connectivity index (χ3n) is 5.44. The van der Waals surface area contributed by atoms with Crippen molar-refractivity contribution < 1.29 is 9.85 Å². The van der Waals surface area contributed by atoms with Crippen molar-refractivity contribution in [2.24, 2.45) is 0 Å². The van der Waals surface area contributed by atoms with E-state index >= 15 is 0 Å². The summed E-state index contributed by atoms with van der Waals surface area (Å²) in [4.78, 5) is 26.7. The number of halogens is 3. The number of rotatable bonds is 3. The fourth-order valence-corrected chi connectivity index (χ4v) is 4.30. The number of nitro groups is 2. The van der Waals surface area contributed by atoms with Crippen LogP contribution in [0.3, 0.4) is 0 Å². The molecule has 0 aliphatic carbocycles. The number of anilines is 1. The molecule has 2 aromatic rings. The molecule has 10 nitrogen and oxygen atoms in total. The van der Waals surface area contributed by atoms with E-state index in [0.717, 1.165) is 49.4 Å². The van der Waals surface area contributed by atoms with E-state index in [4.69, 9.17) is 23.2 Å². The molecule has 0 spiro atoms. The first-order valence-corrected chi connectivity index (χ1v) is 12.5. The summed E-state index contributed by atoms with van der Waals surface area (Å²) >= 11 is 14.6. The zero-order valence-electron chi connectivity index (χ0n) is 19.6. The third-order valence-corrected chi connectivity index (χ3v) is 6.54. The normalized spacial score (nSPS) is 16.4. The average Bonchev–Trinajstić information content (AvgIpc) is 2.80. The van der Waals surface area contributed by atoms with Gasteiger partial charge in [0.25, 0.3) is 11.4 Å². The van der Waals surface area contributed by atoms with E-state index in [1.165, 1.54) is 31.3 Å². The molecule has 0 aromatic heterocycles. The molecule has 0 atom stereocenters. The highest BCUT2D eigenvalue weighted by Crippen LogP contribution is 2.29. The van der Waals surface area contributed by atoms with Gasteiger partial charge < -0.3 is 20.0 Å². The molecule has 13 heteroatoms. The maximum absolute atomic E-state index is 10.7. The molecule has 2 fully saturated rings. The second kappa shape index (κ2) is 14.5. The second-order valence-electron chi connectivity index (χ2n) is 8.09. The van der Waals surface area contributed by atoms with Crippen LogP contribution >= 0.6 is 39.1 Å². The first-order valence-electron chi connectivity index (χ1n) is 10.9. The van der Waals surface area contributed by atoms with Gasteiger partial charge in [0, 0.05) is 74.7 Å². The molecule has 1 N–H and O–H groups in total. The van der Waals surface area contributed by atoms with Crippen molar-refractivity contribution in [3.05, 3.63) is 71.1 Å². The maximum Gasteiger partial charge on any atom is 0.288 e. The molecule has 0 bridgehead atoms. The van der Waals surface area contributed by atoms with Crippen molar-refractivity contribution >= 4 is 56.2 Å². The van der Waals surface area contributed by atoms with Gasteiger partial charge in [0.15, 0.2) is 0 Å². The van der Waals surface area contributed by atoms with Gasteiger partial charge in [0.2, 0.25) is 0 Å². The lowest BCUT2D eigenvalue weighted by Gasteiger charge is -2.34. The standard InChI is InChI=1S/C11H14ClN3O2.C6H3BrClNO2.C5H12N2/c1-13-4-6-14(7-5-13)9-2-3-11(15(16)17)10(12)8-9;7-4-1-2-6(9(10)11)5(8)3-4;1-7-4-2-6-3-5-7/h2-3,8H,4-7H2,1H3;1-3H;6H,2-5H2,1H3. The highest BCUT2D eigenvalue weighted by atomic mass is 79.9. The van der Waals surface area contributed by atoms with Crippen LogP contribution in [0, 0.1) is 20.2 Å². The van der Waals surface area contributed by atoms with Crippen LogP contribution < -0.4 is 10.2 Å². The molecular formula is C22H29BrCl2N6O4. The number of hydrogen-bond acceptors (Lipinski definition) is 8. The first-order chi connectivity index (χ1) is 16.6. The van der Waals surface area contributed by atoms with Crippen molar-refractivity contribution in [3.63, 3.8) is 0 Å². The molecule has 4 rings (SSSR count). The Kier molecular flexibility index (Phi) is 12.1. The molecule has 2 aromatic carbocycles. The summed E-state index contributed by atoms with van der Waals surface area (Å²) in [6.07, 6.45) is 0. The first kappa shape index (κ1) is 29.2. The molecule has 2 aliphatic heterocycles. The van der Waals surface area contributed by atoms with Crippen molar-refractivity contribution in [1.29, 1.82) is 0 Å². The van der Waals surface area contributed by atoms with Crippen LogP contribution in [0.5, 0.6) is 0 Å². The molecule has 0 amide bonds. The van der Waals surface area contributed by atoms with Crippen molar-refractivity contribution in [1.82, 2.24) is 15.1 Å². The molecule has 2 saturated heterocycles. The topological polar surface area (TPSA) is 108 Å². The van der Waals surface area contributed by atoms with Gasteiger partial charge in [-0.1, -0.05) is 39.1 Å². The number of nitrogens with zero attached hydrogens (tertiary/aromatic N) is 5. The van der Waals surface area contributed by atoms with Gasteiger partial charge in [-0.15, -0.1) is 0 Å². The summed E-state index contributed by atoms with van der Waals surface area (Å²) in [6.45, 7) is 8.57. The van der Waals surface area contributed by atoms with E-state index in [2.05, 4.69) is 50.0 Å². The maximum atomic E-state index is 10.7. The summed E-state index contributed by atoms with van der Waals surface area (Å²) in [6, 6.07) is 9.31. The Morgan fingerprint density at radius 3 is 1.71 bits per heavy atom. The van der Waals surface area contributed by atoms with Crippen LogP contribution in [-0.2, 0) is 0 Å². The van der Waals surface area contributed by atoms with Crippen LogP contribution in [0.25, 0.3) is 0 Å². The molecule has 2 aliphatic rings. The second-order valence-corrected chi connectivity index (χ2v) is 9.82. The fraction of sp³-hybridized carbons (Fsp3) is 0.455. The molecular weight excluding hydrogens is 563 g/mol. The molecule has 0 radical (unpaired) electrons. The quantitative estimate of drug-likeness (QED) is 0.410. The monoisotopic (exact) mass is 590 g/mol. The van der Waals surface area contributed by atoms with Crippen molar-refractivity contribution in [2.75, 3.05) is 71.4 Å². The Bertz CT molecular complexity index is 1000. The predicted molar refractivity (Wildman–Crippen MR) is 144 cm³/mol. The van der Waals surface area contributed by atoms with Gasteiger partial charge in [0.05, 0.1) is 9.85 Å². The lowest BCUT2D eigenvalue weighted by molar-refractivity contribution is -0.384. The van der Waals surface area contributed by atoms with Crippen LogP contribution in [0.15, 0.2) is 40.9 Å². The molecule has 0 saturated carbocycles. The van der Waals surface area contributed by atoms with Gasteiger partial charge >= 0.3 is 0 Å². The van der Waals surface area contributed by atoms with Gasteiger partial charge in [-0.3, -0.25) is 20.2 Å². The van der Waals surface area contributed by atoms with E-state index in [-0.39, 0.29) is 21.4 Å². The Morgan fingerprint density at radius 1 is 0.800 bits per heavy atom. The lowest BCUT2D eigenvalue weighted by atomic mass is 10.2. The highest BCUT2D eigenvalue weighted by molar-refractivity contribution is 9.10. The Balaban J connectivity index is 0.000000205. The van der Waals surface area contributed by atoms with Crippen LogP contribution in [0.1, 0.15) is 0 Å². The van der Waals surface area contributed by atoms with Gasteiger partial charge in [0.1, 0.15) is 10.0 Å². The van der Waals surface area contributed by atoms with E-state index < -0.39 is 9.85 Å². The molecule has 0 unspecified atom stereocenters. The van der Waals surface area contributed by atoms with E-state index in [1.807, 2.05) is 0 Å². The summed E-state index contributed by atoms with van der Waals surface area (Å²) < 4.78 is 0.730. The Labute approximate surface area is 223 Å². The minimum Gasteiger partial charge on any atom is -0.369 e. The zero-order chi connectivity index (χ0) is 26.0. The lowest BCUT2D eigenvalue weighted by Crippen LogP contribution is -2.44. The van der Waals surface area contributed by atoms with Gasteiger partial charge in [-0.25, -0.2) is 0 Å². The molecule has 2 heterocycles. The average molecular weight is 592 g/mol. The predicted octanol–water partition coefficient (Wildman–Crippen LogP) is 4.53. The SMILES string of the molecule is CN1CCN(c2ccc([N+](=O)[O-])c(Cl)c2)CC1.CN1CCNCC1.O=[N+]([O-])c1ccc(Br)cc1Cl. The van der Waals surface area contributed by atoms with Crippen molar-refractivity contribution in [3.8, 4) is 0 Å². The largest absolute Gasteiger partial charge is 0.369 e. The number of hydrogen-bond donors (Lipinski definition) is 1. The Hall–Kier alpha value is -2.02. The minimum absolute atomic E-state index is 0.0375.